The van der Waals surface area contributed by atoms with Gasteiger partial charge in [-0.3, -0.25) is 9.59 Å². The predicted molar refractivity (Wildman–Crippen MR) is 64.5 cm³/mol. The number of carbonyl (C=O) groups is 2. The number of aliphatic carboxylic acids is 1. The molecule has 0 aromatic carbocycles. The van der Waals surface area contributed by atoms with Crippen LogP contribution in [0, 0.1) is 5.92 Å². The van der Waals surface area contributed by atoms with Crippen molar-refractivity contribution in [3.8, 4) is 0 Å². The van der Waals surface area contributed by atoms with Gasteiger partial charge in [0.2, 0.25) is 5.91 Å². The van der Waals surface area contributed by atoms with E-state index in [2.05, 4.69) is 0 Å². The zero-order valence-corrected chi connectivity index (χ0v) is 10.8. The van der Waals surface area contributed by atoms with E-state index in [-0.39, 0.29) is 17.2 Å². The quantitative estimate of drug-likeness (QED) is 0.769. The Morgan fingerprint density at radius 2 is 2.00 bits per heavy atom. The molecule has 0 aromatic rings. The Morgan fingerprint density at radius 3 is 2.38 bits per heavy atom. The van der Waals surface area contributed by atoms with Gasteiger partial charge in [0, 0.05) is 12.6 Å². The standard InChI is InChI=1S/C11H19NO3S/c1-7(11(14)15)6-12(9-4-5-9)10(13)8(2)16-3/h7-9H,4-6H2,1-3H3,(H,14,15). The number of hydrogen-bond acceptors (Lipinski definition) is 3. The molecular formula is C11H19NO3S. The van der Waals surface area contributed by atoms with Gasteiger partial charge in [-0.2, -0.15) is 11.8 Å². The first-order valence-electron chi connectivity index (χ1n) is 5.53. The Morgan fingerprint density at radius 1 is 1.44 bits per heavy atom. The Kier molecular flexibility index (Phi) is 4.65. The van der Waals surface area contributed by atoms with Crippen molar-refractivity contribution in [1.82, 2.24) is 4.90 Å². The molecule has 0 aromatic heterocycles. The highest BCUT2D eigenvalue weighted by atomic mass is 32.2. The van der Waals surface area contributed by atoms with Crippen LogP contribution in [0.4, 0.5) is 0 Å². The van der Waals surface area contributed by atoms with Crippen LogP contribution in [0.15, 0.2) is 0 Å². The lowest BCUT2D eigenvalue weighted by atomic mass is 10.1. The van der Waals surface area contributed by atoms with Crippen LogP contribution in [-0.2, 0) is 9.59 Å². The molecule has 1 fully saturated rings. The third kappa shape index (κ3) is 3.40. The van der Waals surface area contributed by atoms with Crippen LogP contribution in [-0.4, -0.2) is 46.0 Å². The Bertz CT molecular complexity index is 278. The predicted octanol–water partition coefficient (Wildman–Crippen LogP) is 1.45. The number of carboxylic acids is 1. The minimum atomic E-state index is -0.838. The first-order valence-corrected chi connectivity index (χ1v) is 6.82. The summed E-state index contributed by atoms with van der Waals surface area (Å²) in [6.07, 6.45) is 3.92. The first-order chi connectivity index (χ1) is 7.47. The van der Waals surface area contributed by atoms with Gasteiger partial charge in [-0.1, -0.05) is 6.92 Å². The van der Waals surface area contributed by atoms with Gasteiger partial charge in [-0.15, -0.1) is 0 Å². The molecule has 0 bridgehead atoms. The molecule has 4 nitrogen and oxygen atoms in total. The molecule has 1 rings (SSSR count). The monoisotopic (exact) mass is 245 g/mol. The van der Waals surface area contributed by atoms with Gasteiger partial charge in [-0.25, -0.2) is 0 Å². The number of hydrogen-bond donors (Lipinski definition) is 1. The summed E-state index contributed by atoms with van der Waals surface area (Å²) in [6, 6.07) is 0.281. The SMILES string of the molecule is CSC(C)C(=O)N(CC(C)C(=O)O)C1CC1. The van der Waals surface area contributed by atoms with E-state index in [9.17, 15) is 9.59 Å². The molecule has 16 heavy (non-hydrogen) atoms. The van der Waals surface area contributed by atoms with Gasteiger partial charge in [0.25, 0.3) is 0 Å². The summed E-state index contributed by atoms with van der Waals surface area (Å²) in [5.74, 6) is -1.25. The average molecular weight is 245 g/mol. The van der Waals surface area contributed by atoms with Crippen molar-refractivity contribution in [2.24, 2.45) is 5.92 Å². The van der Waals surface area contributed by atoms with E-state index >= 15 is 0 Å². The molecule has 0 saturated heterocycles. The van der Waals surface area contributed by atoms with E-state index in [0.717, 1.165) is 12.8 Å². The van der Waals surface area contributed by atoms with Gasteiger partial charge in [0.15, 0.2) is 0 Å². The second-order valence-electron chi connectivity index (χ2n) is 4.34. The molecule has 0 heterocycles. The normalized spacial score (nSPS) is 18.9. The number of amides is 1. The summed E-state index contributed by atoms with van der Waals surface area (Å²) < 4.78 is 0. The van der Waals surface area contributed by atoms with Crippen molar-refractivity contribution in [3.63, 3.8) is 0 Å². The lowest BCUT2D eigenvalue weighted by molar-refractivity contribution is -0.143. The lowest BCUT2D eigenvalue weighted by Gasteiger charge is -2.26. The molecule has 2 atom stereocenters. The fourth-order valence-electron chi connectivity index (χ4n) is 1.51. The molecule has 0 radical (unpaired) electrons. The van der Waals surface area contributed by atoms with Crippen LogP contribution in [0.25, 0.3) is 0 Å². The largest absolute Gasteiger partial charge is 0.481 e. The minimum absolute atomic E-state index is 0.0723. The van der Waals surface area contributed by atoms with E-state index in [4.69, 9.17) is 5.11 Å². The van der Waals surface area contributed by atoms with E-state index in [1.807, 2.05) is 13.2 Å². The zero-order chi connectivity index (χ0) is 12.3. The van der Waals surface area contributed by atoms with Crippen molar-refractivity contribution in [2.75, 3.05) is 12.8 Å². The third-order valence-corrected chi connectivity index (χ3v) is 3.77. The smallest absolute Gasteiger partial charge is 0.308 e. The van der Waals surface area contributed by atoms with Gasteiger partial charge in [-0.05, 0) is 26.0 Å². The first kappa shape index (κ1) is 13.4. The minimum Gasteiger partial charge on any atom is -0.481 e. The lowest BCUT2D eigenvalue weighted by Crippen LogP contribution is -2.42. The molecule has 1 aliphatic rings. The van der Waals surface area contributed by atoms with Crippen LogP contribution < -0.4 is 0 Å². The van der Waals surface area contributed by atoms with E-state index in [1.54, 1.807) is 11.8 Å². The third-order valence-electron chi connectivity index (χ3n) is 2.86. The number of rotatable bonds is 6. The number of carboxylic acid groups (broad SMARTS) is 1. The maximum Gasteiger partial charge on any atom is 0.308 e. The molecule has 2 unspecified atom stereocenters. The van der Waals surface area contributed by atoms with Crippen LogP contribution in [0.1, 0.15) is 26.7 Å². The summed E-state index contributed by atoms with van der Waals surface area (Å²) in [5, 5.41) is 8.79. The van der Waals surface area contributed by atoms with E-state index in [0.29, 0.717) is 6.54 Å². The van der Waals surface area contributed by atoms with Crippen molar-refractivity contribution in [1.29, 1.82) is 0 Å². The van der Waals surface area contributed by atoms with Crippen molar-refractivity contribution in [3.05, 3.63) is 0 Å². The highest BCUT2D eigenvalue weighted by molar-refractivity contribution is 7.99. The molecule has 0 spiro atoms. The number of carbonyl (C=O) groups excluding carboxylic acids is 1. The van der Waals surface area contributed by atoms with E-state index in [1.165, 1.54) is 11.8 Å². The Labute approximate surface area is 100 Å². The molecule has 1 N–H and O–H groups in total. The summed E-state index contributed by atoms with van der Waals surface area (Å²) in [4.78, 5) is 24.6. The zero-order valence-electron chi connectivity index (χ0n) is 9.97. The van der Waals surface area contributed by atoms with Crippen LogP contribution in [0.3, 0.4) is 0 Å². The highest BCUT2D eigenvalue weighted by Gasteiger charge is 2.35. The fourth-order valence-corrected chi connectivity index (χ4v) is 1.85. The summed E-state index contributed by atoms with van der Waals surface area (Å²) in [7, 11) is 0. The van der Waals surface area contributed by atoms with Crippen molar-refractivity contribution in [2.45, 2.75) is 38.0 Å². The van der Waals surface area contributed by atoms with Crippen molar-refractivity contribution >= 4 is 23.6 Å². The Balaban J connectivity index is 2.60. The van der Waals surface area contributed by atoms with Gasteiger partial charge in [0.05, 0.1) is 11.2 Å². The number of nitrogens with zero attached hydrogens (tertiary/aromatic N) is 1. The molecule has 92 valence electrons. The van der Waals surface area contributed by atoms with Gasteiger partial charge < -0.3 is 10.0 Å². The molecule has 0 aliphatic heterocycles. The average Bonchev–Trinajstić information content (AvgIpc) is 3.06. The molecule has 1 saturated carbocycles. The molecule has 1 amide bonds. The number of thioether (sulfide) groups is 1. The van der Waals surface area contributed by atoms with Crippen LogP contribution in [0.2, 0.25) is 0 Å². The Hall–Kier alpha value is -0.710. The van der Waals surface area contributed by atoms with Crippen LogP contribution in [0.5, 0.6) is 0 Å². The maximum atomic E-state index is 12.0. The molecular weight excluding hydrogens is 226 g/mol. The summed E-state index contributed by atoms with van der Waals surface area (Å²) in [5.41, 5.74) is 0. The molecule has 1 aliphatic carbocycles. The van der Waals surface area contributed by atoms with E-state index < -0.39 is 11.9 Å². The maximum absolute atomic E-state index is 12.0. The van der Waals surface area contributed by atoms with Gasteiger partial charge >= 0.3 is 5.97 Å². The second-order valence-corrected chi connectivity index (χ2v) is 5.52. The summed E-state index contributed by atoms with van der Waals surface area (Å²) >= 11 is 1.50. The fraction of sp³-hybridized carbons (Fsp3) is 0.818. The topological polar surface area (TPSA) is 57.6 Å². The van der Waals surface area contributed by atoms with Crippen molar-refractivity contribution < 1.29 is 14.7 Å². The van der Waals surface area contributed by atoms with Crippen LogP contribution >= 0.6 is 11.8 Å². The highest BCUT2D eigenvalue weighted by Crippen LogP contribution is 2.29. The second kappa shape index (κ2) is 5.57. The summed E-state index contributed by atoms with van der Waals surface area (Å²) in [6.45, 7) is 3.85. The molecule has 5 heteroatoms. The van der Waals surface area contributed by atoms with Gasteiger partial charge in [0.1, 0.15) is 0 Å².